The maximum Gasteiger partial charge on any atom is 0.0356 e. The third kappa shape index (κ3) is 4.03. The van der Waals surface area contributed by atoms with E-state index in [4.69, 9.17) is 0 Å². The van der Waals surface area contributed by atoms with Crippen molar-refractivity contribution < 1.29 is 0 Å². The molecule has 2 aromatic heterocycles. The number of thiophene rings is 2. The molecule has 0 fully saturated rings. The van der Waals surface area contributed by atoms with Crippen LogP contribution in [-0.2, 0) is 0 Å². The van der Waals surface area contributed by atoms with Gasteiger partial charge in [0.05, 0.1) is 0 Å². The zero-order chi connectivity index (χ0) is 29.0. The number of hydrogen-bond donors (Lipinski definition) is 0. The summed E-state index contributed by atoms with van der Waals surface area (Å²) in [7, 11) is 0. The summed E-state index contributed by atoms with van der Waals surface area (Å²) in [6.45, 7) is 0. The lowest BCUT2D eigenvalue weighted by atomic mass is 9.83. The molecule has 0 radical (unpaired) electrons. The topological polar surface area (TPSA) is 0 Å². The molecule has 2 heteroatoms. The fraction of sp³-hybridized carbons (Fsp3) is 0. The lowest BCUT2D eigenvalue weighted by molar-refractivity contribution is 1.64. The van der Waals surface area contributed by atoms with Crippen LogP contribution in [0.25, 0.3) is 84.9 Å². The van der Waals surface area contributed by atoms with Crippen LogP contribution in [0.15, 0.2) is 158 Å². The predicted octanol–water partition coefficient (Wildman–Crippen LogP) is 13.1. The first-order valence-corrected chi connectivity index (χ1v) is 16.6. The van der Waals surface area contributed by atoms with Gasteiger partial charge in [-0.05, 0) is 79.2 Å². The molecule has 7 aromatic carbocycles. The predicted molar refractivity (Wildman–Crippen MR) is 194 cm³/mol. The Balaban J connectivity index is 1.50. The van der Waals surface area contributed by atoms with Gasteiger partial charge in [-0.3, -0.25) is 0 Å². The van der Waals surface area contributed by atoms with Crippen molar-refractivity contribution in [3.63, 3.8) is 0 Å². The van der Waals surface area contributed by atoms with E-state index in [0.717, 1.165) is 0 Å². The maximum absolute atomic E-state index is 2.42. The first-order valence-electron chi connectivity index (χ1n) is 14.9. The number of hydrogen-bond acceptors (Lipinski definition) is 2. The molecule has 9 aromatic rings. The second-order valence-electron chi connectivity index (χ2n) is 11.2. The van der Waals surface area contributed by atoms with E-state index in [1.807, 2.05) is 22.7 Å². The molecule has 0 atom stereocenters. The summed E-state index contributed by atoms with van der Waals surface area (Å²) in [5.41, 5.74) is 7.63. The van der Waals surface area contributed by atoms with Gasteiger partial charge in [0.25, 0.3) is 0 Å². The molecule has 2 heterocycles. The highest BCUT2D eigenvalue weighted by molar-refractivity contribution is 7.22. The van der Waals surface area contributed by atoms with Crippen molar-refractivity contribution >= 4 is 64.4 Å². The van der Waals surface area contributed by atoms with Gasteiger partial charge in [0.2, 0.25) is 0 Å². The highest BCUT2D eigenvalue weighted by Crippen LogP contribution is 2.51. The van der Waals surface area contributed by atoms with Crippen molar-refractivity contribution in [3.8, 4) is 43.1 Å². The lowest BCUT2D eigenvalue weighted by Gasteiger charge is -2.20. The third-order valence-electron chi connectivity index (χ3n) is 8.68. The average molecular weight is 595 g/mol. The summed E-state index contributed by atoms with van der Waals surface area (Å²) in [5, 5.41) is 7.91. The van der Waals surface area contributed by atoms with E-state index in [9.17, 15) is 0 Å². The van der Waals surface area contributed by atoms with Crippen LogP contribution >= 0.6 is 22.7 Å². The molecule has 0 saturated heterocycles. The van der Waals surface area contributed by atoms with Gasteiger partial charge in [0.1, 0.15) is 0 Å². The summed E-state index contributed by atoms with van der Waals surface area (Å²) in [6.07, 6.45) is 0. The average Bonchev–Trinajstić information content (AvgIpc) is 3.74. The molecule has 0 amide bonds. The van der Waals surface area contributed by atoms with Crippen LogP contribution in [0.4, 0.5) is 0 Å². The molecule has 0 aliphatic carbocycles. The van der Waals surface area contributed by atoms with Crippen LogP contribution < -0.4 is 0 Å². The molecular formula is C42H26S2. The smallest absolute Gasteiger partial charge is 0.0356 e. The van der Waals surface area contributed by atoms with Gasteiger partial charge < -0.3 is 0 Å². The van der Waals surface area contributed by atoms with E-state index < -0.39 is 0 Å². The molecule has 0 saturated carbocycles. The molecule has 0 spiro atoms. The van der Waals surface area contributed by atoms with Crippen LogP contribution in [0.2, 0.25) is 0 Å². The molecule has 9 rings (SSSR count). The highest BCUT2D eigenvalue weighted by Gasteiger charge is 2.22. The van der Waals surface area contributed by atoms with Gasteiger partial charge in [0, 0.05) is 29.9 Å². The number of fused-ring (bicyclic) bond motifs is 7. The van der Waals surface area contributed by atoms with E-state index in [1.54, 1.807) is 0 Å². The van der Waals surface area contributed by atoms with Crippen molar-refractivity contribution in [3.05, 3.63) is 158 Å². The Morgan fingerprint density at radius 2 is 0.636 bits per heavy atom. The van der Waals surface area contributed by atoms with Gasteiger partial charge in [-0.25, -0.2) is 0 Å². The van der Waals surface area contributed by atoms with Crippen molar-refractivity contribution in [2.45, 2.75) is 0 Å². The van der Waals surface area contributed by atoms with Crippen LogP contribution in [-0.4, -0.2) is 0 Å². The molecule has 0 N–H and O–H groups in total. The Morgan fingerprint density at radius 3 is 1.00 bits per heavy atom. The zero-order valence-electron chi connectivity index (χ0n) is 23.8. The summed E-state index contributed by atoms with van der Waals surface area (Å²) >= 11 is 3.76. The Kier molecular flexibility index (Phi) is 5.97. The van der Waals surface area contributed by atoms with E-state index in [1.165, 1.54) is 84.9 Å². The Bertz CT molecular complexity index is 2280. The largest absolute Gasteiger partial charge is 0.135 e. The first kappa shape index (κ1) is 25.5. The minimum atomic E-state index is 1.24. The summed E-state index contributed by atoms with van der Waals surface area (Å²) in [4.78, 5) is 2.60. The minimum Gasteiger partial charge on any atom is -0.135 e. The molecule has 206 valence electrons. The maximum atomic E-state index is 2.42. The normalized spacial score (nSPS) is 11.6. The number of rotatable bonds is 4. The van der Waals surface area contributed by atoms with Crippen LogP contribution in [0.1, 0.15) is 0 Å². The molecule has 0 aliphatic heterocycles. The monoisotopic (exact) mass is 594 g/mol. The van der Waals surface area contributed by atoms with Crippen molar-refractivity contribution in [1.82, 2.24) is 0 Å². The van der Waals surface area contributed by atoms with Crippen LogP contribution in [0.5, 0.6) is 0 Å². The van der Waals surface area contributed by atoms with Crippen molar-refractivity contribution in [2.24, 2.45) is 0 Å². The molecule has 0 bridgehead atoms. The Morgan fingerprint density at radius 1 is 0.295 bits per heavy atom. The lowest BCUT2D eigenvalue weighted by Crippen LogP contribution is -1.92. The SMILES string of the molecule is c1ccc(-c2cc3c(ccc4c5ccc6sc(-c7ccccc7)cc6c5c(-c5ccccc5)c(-c5ccccc5)c34)s2)cc1. The second-order valence-corrected chi connectivity index (χ2v) is 13.4. The third-order valence-corrected chi connectivity index (χ3v) is 11.0. The molecule has 0 nitrogen and oxygen atoms in total. The van der Waals surface area contributed by atoms with E-state index in [2.05, 4.69) is 158 Å². The van der Waals surface area contributed by atoms with E-state index in [0.29, 0.717) is 0 Å². The fourth-order valence-corrected chi connectivity index (χ4v) is 8.89. The standard InChI is InChI=1S/C42H26S2/c1-5-13-27(14-6-1)37-25-33-35(43-37)23-21-31-32-22-24-36-34(26-38(44-36)28-15-7-2-8-16-28)42(32)40(30-19-11-4-12-20-30)39(41(31)33)29-17-9-3-10-18-29/h1-26H. The quantitative estimate of drug-likeness (QED) is 0.178. The summed E-state index contributed by atoms with van der Waals surface area (Å²) < 4.78 is 2.63. The van der Waals surface area contributed by atoms with Crippen LogP contribution in [0.3, 0.4) is 0 Å². The summed E-state index contributed by atoms with van der Waals surface area (Å²) in [5.74, 6) is 0. The van der Waals surface area contributed by atoms with Gasteiger partial charge >= 0.3 is 0 Å². The summed E-state index contributed by atoms with van der Waals surface area (Å²) in [6, 6.07) is 57.8. The second kappa shape index (κ2) is 10.3. The van der Waals surface area contributed by atoms with Gasteiger partial charge in [-0.1, -0.05) is 133 Å². The molecule has 0 unspecified atom stereocenters. The van der Waals surface area contributed by atoms with Gasteiger partial charge in [-0.15, -0.1) is 22.7 Å². The molecular weight excluding hydrogens is 569 g/mol. The van der Waals surface area contributed by atoms with Crippen molar-refractivity contribution in [2.75, 3.05) is 0 Å². The molecule has 0 aliphatic rings. The first-order chi connectivity index (χ1) is 21.8. The number of benzene rings is 7. The van der Waals surface area contributed by atoms with Crippen LogP contribution in [0, 0.1) is 0 Å². The van der Waals surface area contributed by atoms with Gasteiger partial charge in [-0.2, -0.15) is 0 Å². The Hall–Kier alpha value is -5.02. The minimum absolute atomic E-state index is 1.24. The van der Waals surface area contributed by atoms with E-state index >= 15 is 0 Å². The molecule has 44 heavy (non-hydrogen) atoms. The Labute approximate surface area is 264 Å². The fourth-order valence-electron chi connectivity index (χ4n) is 6.74. The zero-order valence-corrected chi connectivity index (χ0v) is 25.5. The highest BCUT2D eigenvalue weighted by atomic mass is 32.1. The van der Waals surface area contributed by atoms with Gasteiger partial charge in [0.15, 0.2) is 0 Å². The van der Waals surface area contributed by atoms with E-state index in [-0.39, 0.29) is 0 Å². The van der Waals surface area contributed by atoms with Crippen molar-refractivity contribution in [1.29, 1.82) is 0 Å².